The van der Waals surface area contributed by atoms with Crippen molar-refractivity contribution in [1.29, 1.82) is 0 Å². The summed E-state index contributed by atoms with van der Waals surface area (Å²) in [5.74, 6) is 0. The van der Waals surface area contributed by atoms with Gasteiger partial charge < -0.3 is 36.4 Å². The van der Waals surface area contributed by atoms with Crippen molar-refractivity contribution in [2.24, 2.45) is 0 Å². The molecule has 0 aromatic heterocycles. The van der Waals surface area contributed by atoms with Crippen molar-refractivity contribution in [1.82, 2.24) is 0 Å². The summed E-state index contributed by atoms with van der Waals surface area (Å²) in [5, 5.41) is 0. The van der Waals surface area contributed by atoms with Crippen LogP contribution in [0.1, 0.15) is 181 Å². The molecule has 7 rings (SSSR count). The van der Waals surface area contributed by atoms with E-state index in [2.05, 4.69) is 82.3 Å². The molecule has 426 valence electrons. The molecule has 0 spiro atoms. The molecule has 3 aromatic rings. The second-order valence-corrected chi connectivity index (χ2v) is 37.1. The number of aryl methyl sites for hydroxylation is 6. The maximum atomic E-state index is 6.10. The van der Waals surface area contributed by atoms with Crippen LogP contribution in [0.15, 0.2) is 54.6 Å². The molecule has 3 aromatic carbocycles. The minimum absolute atomic E-state index is 0.0465. The van der Waals surface area contributed by atoms with Crippen molar-refractivity contribution < 1.29 is 40.1 Å². The summed E-state index contributed by atoms with van der Waals surface area (Å²) in [5.41, 5.74) is 15.2. The predicted octanol–water partition coefficient (Wildman–Crippen LogP) is 17.2. The van der Waals surface area contributed by atoms with Crippen LogP contribution < -0.4 is 9.80 Å². The SMILES string of the molecule is C1CCC([PH+](C2CCCCC2)C2CCCCC2)CC1.CCO[Si](CCCCC1C(CCC[Si](OC)(OC)OCC)N(c2c(C)cc(C)cc2C)[CH-]N1c1c(C)cc(C)cc1C)(OC)OC.[Cl][Ru]([Cl])=[CH]c1ccccc1. The number of hydrogen-bond acceptors (Lipinski definition) is 8. The van der Waals surface area contributed by atoms with Gasteiger partial charge in [0.2, 0.25) is 0 Å². The molecule has 1 heterocycles. The molecule has 0 amide bonds. The maximum absolute atomic E-state index is 6.10. The van der Waals surface area contributed by atoms with E-state index in [-0.39, 0.29) is 20.0 Å². The number of hydrogen-bond donors (Lipinski definition) is 0. The Balaban J connectivity index is 0.000000288. The molecule has 0 N–H and O–H groups in total. The van der Waals surface area contributed by atoms with E-state index in [0.29, 0.717) is 13.2 Å². The van der Waals surface area contributed by atoms with E-state index in [1.807, 2.05) is 48.8 Å². The van der Waals surface area contributed by atoms with Crippen LogP contribution in [0.4, 0.5) is 11.4 Å². The Kier molecular flexibility index (Phi) is 29.1. The molecule has 4 aliphatic rings. The zero-order valence-electron chi connectivity index (χ0n) is 48.7. The van der Waals surface area contributed by atoms with Crippen LogP contribution >= 0.6 is 27.3 Å². The van der Waals surface area contributed by atoms with E-state index >= 15 is 0 Å². The van der Waals surface area contributed by atoms with Gasteiger partial charge >= 0.3 is 91.0 Å². The zero-order chi connectivity index (χ0) is 54.4. The molecule has 2 unspecified atom stereocenters. The molecule has 4 fully saturated rings. The first-order valence-electron chi connectivity index (χ1n) is 29.0. The third-order valence-electron chi connectivity index (χ3n) is 16.6. The predicted molar refractivity (Wildman–Crippen MR) is 326 cm³/mol. The van der Waals surface area contributed by atoms with Gasteiger partial charge in [-0.15, -0.1) is 0 Å². The third kappa shape index (κ3) is 19.3. The Bertz CT molecular complexity index is 2040. The van der Waals surface area contributed by atoms with E-state index in [9.17, 15) is 0 Å². The molecule has 1 saturated heterocycles. The Labute approximate surface area is 474 Å². The molecule has 3 saturated carbocycles. The van der Waals surface area contributed by atoms with Crippen molar-refractivity contribution in [2.75, 3.05) is 51.5 Å². The van der Waals surface area contributed by atoms with Gasteiger partial charge in [0.1, 0.15) is 0 Å². The van der Waals surface area contributed by atoms with Crippen molar-refractivity contribution >= 4 is 60.9 Å². The number of benzene rings is 3. The Morgan fingerprint density at radius 1 is 0.547 bits per heavy atom. The zero-order valence-corrected chi connectivity index (χ0v) is 54.9. The summed E-state index contributed by atoms with van der Waals surface area (Å²) in [7, 11) is 12.8. The topological polar surface area (TPSA) is 61.9 Å². The molecule has 0 radical (unpaired) electrons. The molecule has 3 aliphatic carbocycles. The van der Waals surface area contributed by atoms with Gasteiger partial charge in [0.25, 0.3) is 0 Å². The average Bonchev–Trinajstić information content (AvgIpc) is 3.74. The van der Waals surface area contributed by atoms with E-state index in [0.717, 1.165) is 49.8 Å². The molecule has 1 aliphatic heterocycles. The molecule has 8 nitrogen and oxygen atoms in total. The quantitative estimate of drug-likeness (QED) is 0.0403. The van der Waals surface area contributed by atoms with Gasteiger partial charge in [-0.2, -0.15) is 6.67 Å². The number of rotatable bonds is 23. The van der Waals surface area contributed by atoms with Gasteiger partial charge in [-0.1, -0.05) is 61.1 Å². The first kappa shape index (κ1) is 64.8. The van der Waals surface area contributed by atoms with Crippen molar-refractivity contribution in [3.05, 3.63) is 100 Å². The van der Waals surface area contributed by atoms with Crippen molar-refractivity contribution in [2.45, 2.75) is 225 Å². The Hall–Kier alpha value is -1.04. The summed E-state index contributed by atoms with van der Waals surface area (Å²) >= 11 is -1.61. The van der Waals surface area contributed by atoms with Gasteiger partial charge in [0, 0.05) is 85.1 Å². The summed E-state index contributed by atoms with van der Waals surface area (Å²) in [4.78, 5) is 5.15. The van der Waals surface area contributed by atoms with E-state index in [4.69, 9.17) is 45.9 Å². The standard InChI is InChI=1S/C36H61N2O6Si2.C18H33P.C7H6.2ClH.Ru/c1-13-43-45(39-9,40-10)20-16-15-18-33-34(19-17-21-46(41-11,42-12)44-14-2)38(36-31(7)24-28(4)25-32(36)8)26-37(33)35-29(5)22-27(3)23-30(35)6;1-4-10-16(11-5-1)19(17-12-6-2-7-13-17)18-14-8-3-9-15-18;1-7-5-3-2-4-6-7;;;/h22-26,33-34H,13-21H2,1-12H3;16-18H,1-15H2;1-6H;2*1H;/q-1;;;;;+2/p-1. The van der Waals surface area contributed by atoms with Crippen LogP contribution in [0.2, 0.25) is 12.1 Å². The first-order valence-corrected chi connectivity index (χ1v) is 40.1. The van der Waals surface area contributed by atoms with E-state index in [1.54, 1.807) is 125 Å². The van der Waals surface area contributed by atoms with Gasteiger partial charge in [-0.25, -0.2) is 0 Å². The van der Waals surface area contributed by atoms with Gasteiger partial charge in [-0.05, 0) is 180 Å². The fraction of sp³-hybridized carbons (Fsp3) is 0.672. The summed E-state index contributed by atoms with van der Waals surface area (Å²) in [6.07, 6.45) is 28.8. The summed E-state index contributed by atoms with van der Waals surface area (Å²) in [6, 6.07) is 21.2. The second-order valence-electron chi connectivity index (χ2n) is 22.0. The van der Waals surface area contributed by atoms with Crippen LogP contribution in [-0.2, 0) is 40.1 Å². The Morgan fingerprint density at radius 2 is 0.907 bits per heavy atom. The first-order chi connectivity index (χ1) is 36.2. The normalized spacial score (nSPS) is 19.4. The molecule has 2 atom stereocenters. The van der Waals surface area contributed by atoms with Crippen LogP contribution in [-0.4, -0.2) is 92.9 Å². The molecular formula is C61H101Cl2N2O6PRuSi2. The van der Waals surface area contributed by atoms with Crippen LogP contribution in [0, 0.1) is 48.2 Å². The second kappa shape index (κ2) is 33.6. The average molecular weight is 1220 g/mol. The summed E-state index contributed by atoms with van der Waals surface area (Å²) in [6.45, 7) is 20.9. The van der Waals surface area contributed by atoms with Crippen LogP contribution in [0.25, 0.3) is 0 Å². The molecule has 0 bridgehead atoms. The Morgan fingerprint density at radius 3 is 1.25 bits per heavy atom. The minimum atomic E-state index is -2.72. The van der Waals surface area contributed by atoms with Crippen molar-refractivity contribution in [3.8, 4) is 0 Å². The van der Waals surface area contributed by atoms with Crippen LogP contribution in [0.3, 0.4) is 0 Å². The fourth-order valence-corrected chi connectivity index (χ4v) is 24.6. The fourth-order valence-electron chi connectivity index (χ4n) is 13.5. The van der Waals surface area contributed by atoms with E-state index in [1.165, 1.54) is 61.7 Å². The van der Waals surface area contributed by atoms with Gasteiger partial charge in [0.15, 0.2) is 0 Å². The molecular weight excluding hydrogens is 1120 g/mol. The molecule has 75 heavy (non-hydrogen) atoms. The van der Waals surface area contributed by atoms with E-state index < -0.39 is 31.1 Å². The number of unbranched alkanes of at least 4 members (excludes halogenated alkanes) is 1. The van der Waals surface area contributed by atoms with Crippen LogP contribution in [0.5, 0.6) is 0 Å². The van der Waals surface area contributed by atoms with Gasteiger partial charge in [-0.3, -0.25) is 0 Å². The third-order valence-corrected chi connectivity index (χ3v) is 28.9. The number of halogens is 2. The monoisotopic (exact) mass is 1220 g/mol. The van der Waals surface area contributed by atoms with Gasteiger partial charge in [0.05, 0.1) is 17.0 Å². The number of anilines is 2. The van der Waals surface area contributed by atoms with Crippen molar-refractivity contribution in [3.63, 3.8) is 0 Å². The molecule has 14 heteroatoms. The number of nitrogens with zero attached hydrogens (tertiary/aromatic N) is 2. The summed E-state index contributed by atoms with van der Waals surface area (Å²) < 4.78 is 37.5.